The molecule has 1 amide bonds. The third-order valence-corrected chi connectivity index (χ3v) is 7.05. The number of hydrogen-bond acceptors (Lipinski definition) is 3. The van der Waals surface area contributed by atoms with E-state index in [1.54, 1.807) is 31.2 Å². The molecule has 2 N–H and O–H groups in total. The second kappa shape index (κ2) is 10.0. The van der Waals surface area contributed by atoms with Crippen molar-refractivity contribution in [2.45, 2.75) is 51.9 Å². The van der Waals surface area contributed by atoms with Crippen LogP contribution in [-0.4, -0.2) is 14.3 Å². The normalized spacial score (nSPS) is 11.2. The number of amides is 1. The first kappa shape index (κ1) is 23.5. The lowest BCUT2D eigenvalue weighted by Crippen LogP contribution is -2.17. The van der Waals surface area contributed by atoms with Gasteiger partial charge in [-0.05, 0) is 92.3 Å². The van der Waals surface area contributed by atoms with E-state index in [-0.39, 0.29) is 16.4 Å². The first-order valence-electron chi connectivity index (χ1n) is 10.8. The number of anilines is 2. The van der Waals surface area contributed by atoms with Gasteiger partial charge >= 0.3 is 0 Å². The predicted octanol–water partition coefficient (Wildman–Crippen LogP) is 6.01. The molecule has 0 aromatic heterocycles. The van der Waals surface area contributed by atoms with Gasteiger partial charge in [0, 0.05) is 16.9 Å². The van der Waals surface area contributed by atoms with E-state index < -0.39 is 10.0 Å². The Kier molecular flexibility index (Phi) is 7.36. The molecule has 0 aliphatic rings. The van der Waals surface area contributed by atoms with Crippen molar-refractivity contribution in [2.75, 3.05) is 10.0 Å². The maximum atomic E-state index is 13.0. The lowest BCUT2D eigenvalue weighted by atomic mass is 10.1. The van der Waals surface area contributed by atoms with Crippen LogP contribution >= 0.6 is 0 Å². The highest BCUT2D eigenvalue weighted by atomic mass is 32.2. The molecule has 0 fully saturated rings. The highest BCUT2D eigenvalue weighted by Gasteiger charge is 2.20. The molecule has 3 aromatic rings. The lowest BCUT2D eigenvalue weighted by Gasteiger charge is -2.13. The van der Waals surface area contributed by atoms with Crippen LogP contribution in [0.5, 0.6) is 0 Å². The SMILES string of the molecule is CCCCc1ccc(NC(=O)c2ccc(C)c(S(=O)(=O)Nc3ccc(C)c(C)c3)c2)cc1. The number of nitrogens with one attached hydrogen (secondary N) is 2. The predicted molar refractivity (Wildman–Crippen MR) is 131 cm³/mol. The summed E-state index contributed by atoms with van der Waals surface area (Å²) in [7, 11) is -3.85. The van der Waals surface area contributed by atoms with Crippen molar-refractivity contribution in [3.8, 4) is 0 Å². The number of sulfonamides is 1. The van der Waals surface area contributed by atoms with Crippen LogP contribution in [0.4, 0.5) is 11.4 Å². The van der Waals surface area contributed by atoms with Crippen molar-refractivity contribution < 1.29 is 13.2 Å². The Morgan fingerprint density at radius 3 is 2.12 bits per heavy atom. The molecule has 0 aliphatic heterocycles. The van der Waals surface area contributed by atoms with Crippen LogP contribution in [0.15, 0.2) is 65.6 Å². The molecular weight excluding hydrogens is 420 g/mol. The molecule has 3 aromatic carbocycles. The fourth-order valence-electron chi connectivity index (χ4n) is 3.38. The van der Waals surface area contributed by atoms with Crippen molar-refractivity contribution in [3.63, 3.8) is 0 Å². The fourth-order valence-corrected chi connectivity index (χ4v) is 4.71. The van der Waals surface area contributed by atoms with Gasteiger partial charge < -0.3 is 5.32 Å². The third kappa shape index (κ3) is 5.77. The highest BCUT2D eigenvalue weighted by molar-refractivity contribution is 7.92. The van der Waals surface area contributed by atoms with Gasteiger partial charge in [-0.2, -0.15) is 0 Å². The topological polar surface area (TPSA) is 75.3 Å². The van der Waals surface area contributed by atoms with Gasteiger partial charge in [-0.3, -0.25) is 9.52 Å². The van der Waals surface area contributed by atoms with Crippen molar-refractivity contribution in [2.24, 2.45) is 0 Å². The lowest BCUT2D eigenvalue weighted by molar-refractivity contribution is 0.102. The van der Waals surface area contributed by atoms with Gasteiger partial charge in [-0.15, -0.1) is 0 Å². The van der Waals surface area contributed by atoms with Crippen LogP contribution in [0.3, 0.4) is 0 Å². The minimum absolute atomic E-state index is 0.0818. The second-order valence-electron chi connectivity index (χ2n) is 8.14. The Morgan fingerprint density at radius 1 is 0.812 bits per heavy atom. The van der Waals surface area contributed by atoms with E-state index in [9.17, 15) is 13.2 Å². The summed E-state index contributed by atoms with van der Waals surface area (Å²) >= 11 is 0. The summed E-state index contributed by atoms with van der Waals surface area (Å²) in [6, 6.07) is 17.9. The van der Waals surface area contributed by atoms with Crippen molar-refractivity contribution in [3.05, 3.63) is 88.5 Å². The molecule has 0 bridgehead atoms. The van der Waals surface area contributed by atoms with Crippen molar-refractivity contribution in [1.82, 2.24) is 0 Å². The third-order valence-electron chi connectivity index (χ3n) is 5.53. The van der Waals surface area contributed by atoms with Gasteiger partial charge in [0.25, 0.3) is 15.9 Å². The summed E-state index contributed by atoms with van der Waals surface area (Å²) in [5.74, 6) is -0.353. The summed E-state index contributed by atoms with van der Waals surface area (Å²) in [5, 5.41) is 2.85. The van der Waals surface area contributed by atoms with E-state index in [0.717, 1.165) is 30.4 Å². The van der Waals surface area contributed by atoms with Gasteiger partial charge in [0.05, 0.1) is 4.90 Å². The van der Waals surface area contributed by atoms with Gasteiger partial charge in [0.15, 0.2) is 0 Å². The maximum Gasteiger partial charge on any atom is 0.262 e. The summed E-state index contributed by atoms with van der Waals surface area (Å²) < 4.78 is 28.7. The van der Waals surface area contributed by atoms with Gasteiger partial charge in [-0.25, -0.2) is 8.42 Å². The van der Waals surface area contributed by atoms with E-state index in [0.29, 0.717) is 16.9 Å². The number of carbonyl (C=O) groups excluding carboxylic acids is 1. The zero-order valence-electron chi connectivity index (χ0n) is 19.0. The fraction of sp³-hybridized carbons (Fsp3) is 0.269. The summed E-state index contributed by atoms with van der Waals surface area (Å²) in [4.78, 5) is 12.9. The first-order chi connectivity index (χ1) is 15.2. The molecule has 0 unspecified atom stereocenters. The Balaban J connectivity index is 1.79. The second-order valence-corrected chi connectivity index (χ2v) is 9.79. The Labute approximate surface area is 190 Å². The molecule has 32 heavy (non-hydrogen) atoms. The van der Waals surface area contributed by atoms with E-state index in [2.05, 4.69) is 17.0 Å². The number of rotatable bonds is 8. The average Bonchev–Trinajstić information content (AvgIpc) is 2.75. The zero-order valence-corrected chi connectivity index (χ0v) is 19.8. The number of unbranched alkanes of at least 4 members (excludes halogenated alkanes) is 1. The minimum Gasteiger partial charge on any atom is -0.322 e. The van der Waals surface area contributed by atoms with E-state index in [1.807, 2.05) is 44.2 Å². The van der Waals surface area contributed by atoms with Gasteiger partial charge in [0.2, 0.25) is 0 Å². The van der Waals surface area contributed by atoms with Crippen LogP contribution in [0.25, 0.3) is 0 Å². The van der Waals surface area contributed by atoms with E-state index >= 15 is 0 Å². The van der Waals surface area contributed by atoms with Crippen molar-refractivity contribution in [1.29, 1.82) is 0 Å². The first-order valence-corrected chi connectivity index (χ1v) is 12.3. The van der Waals surface area contributed by atoms with Crippen LogP contribution in [0.1, 0.15) is 52.4 Å². The molecule has 0 heterocycles. The highest BCUT2D eigenvalue weighted by Crippen LogP contribution is 2.23. The monoisotopic (exact) mass is 450 g/mol. The van der Waals surface area contributed by atoms with E-state index in [4.69, 9.17) is 0 Å². The molecule has 0 saturated heterocycles. The number of benzene rings is 3. The smallest absolute Gasteiger partial charge is 0.262 e. The van der Waals surface area contributed by atoms with Gasteiger partial charge in [0.1, 0.15) is 0 Å². The molecule has 168 valence electrons. The Hall–Kier alpha value is -3.12. The average molecular weight is 451 g/mol. The summed E-state index contributed by atoms with van der Waals surface area (Å²) in [6.07, 6.45) is 3.27. The molecule has 0 radical (unpaired) electrons. The maximum absolute atomic E-state index is 13.0. The Morgan fingerprint density at radius 2 is 1.47 bits per heavy atom. The number of hydrogen-bond donors (Lipinski definition) is 2. The van der Waals surface area contributed by atoms with Crippen LogP contribution in [0, 0.1) is 20.8 Å². The van der Waals surface area contributed by atoms with Gasteiger partial charge in [-0.1, -0.05) is 37.6 Å². The van der Waals surface area contributed by atoms with Crippen molar-refractivity contribution >= 4 is 27.3 Å². The summed E-state index contributed by atoms with van der Waals surface area (Å²) in [5.41, 5.74) is 5.33. The molecule has 0 atom stereocenters. The quantitative estimate of drug-likeness (QED) is 0.441. The Bertz CT molecular complexity index is 1220. The van der Waals surface area contributed by atoms with E-state index in [1.165, 1.54) is 11.6 Å². The van der Waals surface area contributed by atoms with Crippen LogP contribution in [-0.2, 0) is 16.4 Å². The minimum atomic E-state index is -3.85. The molecule has 0 aliphatic carbocycles. The molecule has 5 nitrogen and oxygen atoms in total. The summed E-state index contributed by atoms with van der Waals surface area (Å²) in [6.45, 7) is 7.77. The molecule has 0 spiro atoms. The molecule has 3 rings (SSSR count). The standard InChI is InChI=1S/C26H30N2O3S/c1-5-6-7-21-10-14-23(15-11-21)27-26(29)22-12-8-19(3)25(17-22)32(30,31)28-24-13-9-18(2)20(4)16-24/h8-17,28H,5-7H2,1-4H3,(H,27,29). The van der Waals surface area contributed by atoms with Crippen LogP contribution < -0.4 is 10.0 Å². The number of aryl methyl sites for hydroxylation is 4. The zero-order chi connectivity index (χ0) is 23.3. The molecule has 6 heteroatoms. The van der Waals surface area contributed by atoms with Crippen LogP contribution in [0.2, 0.25) is 0 Å². The molecule has 0 saturated carbocycles. The number of carbonyl (C=O) groups is 1. The largest absolute Gasteiger partial charge is 0.322 e. The molecular formula is C26H30N2O3S.